The molecule has 1 saturated carbocycles. The van der Waals surface area contributed by atoms with Crippen LogP contribution < -0.4 is 5.32 Å². The van der Waals surface area contributed by atoms with Crippen LogP contribution in [-0.4, -0.2) is 41.0 Å². The Morgan fingerprint density at radius 3 is 2.38 bits per heavy atom. The molecule has 0 bridgehead atoms. The first-order chi connectivity index (χ1) is 9.61. The number of rotatable bonds is 4. The van der Waals surface area contributed by atoms with Crippen molar-refractivity contribution in [2.24, 2.45) is 11.8 Å². The van der Waals surface area contributed by atoms with Gasteiger partial charge in [0.25, 0.3) is 0 Å². The first-order valence-corrected chi connectivity index (χ1v) is 7.30. The smallest absolute Gasteiger partial charge is 0.342 e. The fraction of sp³-hybridized carbons (Fsp3) is 0.857. The summed E-state index contributed by atoms with van der Waals surface area (Å²) < 4.78 is 38.6. The number of carbonyl (C=O) groups excluding carboxylic acids is 2. The van der Waals surface area contributed by atoms with E-state index in [1.165, 1.54) is 6.92 Å². The highest BCUT2D eigenvalue weighted by atomic mass is 19.4. The van der Waals surface area contributed by atoms with Gasteiger partial charge in [0.05, 0.1) is 0 Å². The van der Waals surface area contributed by atoms with Crippen LogP contribution in [-0.2, 0) is 9.59 Å². The van der Waals surface area contributed by atoms with Crippen molar-refractivity contribution in [1.82, 2.24) is 10.2 Å². The Kier molecular flexibility index (Phi) is 3.97. The molecule has 21 heavy (non-hydrogen) atoms. The molecule has 1 N–H and O–H groups in total. The van der Waals surface area contributed by atoms with Crippen LogP contribution in [0, 0.1) is 11.8 Å². The fourth-order valence-corrected chi connectivity index (χ4v) is 2.96. The van der Waals surface area contributed by atoms with Crippen LogP contribution in [0.5, 0.6) is 0 Å². The zero-order chi connectivity index (χ0) is 16.0. The maximum atomic E-state index is 12.9. The maximum Gasteiger partial charge on any atom is 0.406 e. The monoisotopic (exact) mass is 306 g/mol. The molecule has 7 heteroatoms. The summed E-state index contributed by atoms with van der Waals surface area (Å²) in [5, 5.41) is 2.65. The van der Waals surface area contributed by atoms with E-state index in [0.717, 1.165) is 4.90 Å². The van der Waals surface area contributed by atoms with Crippen molar-refractivity contribution in [3.63, 3.8) is 0 Å². The van der Waals surface area contributed by atoms with Crippen LogP contribution in [0.1, 0.15) is 40.0 Å². The number of hydrogen-bond donors (Lipinski definition) is 1. The van der Waals surface area contributed by atoms with Gasteiger partial charge in [-0.1, -0.05) is 20.3 Å². The molecule has 0 radical (unpaired) electrons. The van der Waals surface area contributed by atoms with Crippen LogP contribution in [0.15, 0.2) is 0 Å². The van der Waals surface area contributed by atoms with Crippen LogP contribution in [0.4, 0.5) is 13.2 Å². The Hall–Kier alpha value is -1.27. The first kappa shape index (κ1) is 16.1. The molecule has 0 aromatic carbocycles. The lowest BCUT2D eigenvalue weighted by atomic mass is 9.85. The van der Waals surface area contributed by atoms with Gasteiger partial charge in [-0.2, -0.15) is 13.2 Å². The predicted molar refractivity (Wildman–Crippen MR) is 70.3 cm³/mol. The molecule has 2 rings (SSSR count). The molecule has 1 aliphatic heterocycles. The van der Waals surface area contributed by atoms with Gasteiger partial charge in [-0.25, -0.2) is 0 Å². The third-order valence-corrected chi connectivity index (χ3v) is 4.76. The Morgan fingerprint density at radius 1 is 1.38 bits per heavy atom. The Morgan fingerprint density at radius 2 is 1.95 bits per heavy atom. The molecule has 2 amide bonds. The Bertz CT molecular complexity index is 448. The zero-order valence-electron chi connectivity index (χ0n) is 12.5. The van der Waals surface area contributed by atoms with Crippen molar-refractivity contribution in [3.8, 4) is 0 Å². The summed E-state index contributed by atoms with van der Waals surface area (Å²) in [4.78, 5) is 25.7. The molecule has 3 atom stereocenters. The summed E-state index contributed by atoms with van der Waals surface area (Å²) in [5.74, 6) is -1.45. The van der Waals surface area contributed by atoms with Gasteiger partial charge in [-0.3, -0.25) is 9.59 Å². The minimum absolute atomic E-state index is 0.179. The van der Waals surface area contributed by atoms with E-state index in [1.807, 2.05) is 6.92 Å². The number of amides is 2. The second-order valence-corrected chi connectivity index (χ2v) is 6.30. The summed E-state index contributed by atoms with van der Waals surface area (Å²) >= 11 is 0. The van der Waals surface area contributed by atoms with Gasteiger partial charge in [-0.15, -0.1) is 0 Å². The minimum Gasteiger partial charge on any atom is -0.342 e. The second kappa shape index (κ2) is 5.18. The molecule has 0 aromatic rings. The summed E-state index contributed by atoms with van der Waals surface area (Å²) in [7, 11) is 0. The number of nitrogens with one attached hydrogen (secondary N) is 1. The summed E-state index contributed by atoms with van der Waals surface area (Å²) in [6.07, 6.45) is -2.54. The van der Waals surface area contributed by atoms with Crippen molar-refractivity contribution in [3.05, 3.63) is 0 Å². The fourth-order valence-electron chi connectivity index (χ4n) is 2.96. The number of halogens is 3. The minimum atomic E-state index is -4.51. The van der Waals surface area contributed by atoms with Crippen molar-refractivity contribution < 1.29 is 22.8 Å². The van der Waals surface area contributed by atoms with Gasteiger partial charge in [-0.05, 0) is 31.6 Å². The molecule has 1 aliphatic carbocycles. The van der Waals surface area contributed by atoms with Crippen molar-refractivity contribution >= 4 is 11.8 Å². The zero-order valence-corrected chi connectivity index (χ0v) is 12.5. The van der Waals surface area contributed by atoms with E-state index in [0.29, 0.717) is 19.3 Å². The van der Waals surface area contributed by atoms with Gasteiger partial charge in [0.2, 0.25) is 11.8 Å². The van der Waals surface area contributed by atoms with E-state index in [4.69, 9.17) is 0 Å². The van der Waals surface area contributed by atoms with Gasteiger partial charge in [0, 0.05) is 0 Å². The molecule has 0 spiro atoms. The van der Waals surface area contributed by atoms with Crippen LogP contribution in [0.25, 0.3) is 0 Å². The molecule has 1 saturated heterocycles. The van der Waals surface area contributed by atoms with Crippen LogP contribution in [0.2, 0.25) is 0 Å². The molecule has 1 heterocycles. The summed E-state index contributed by atoms with van der Waals surface area (Å²) in [6.45, 7) is 3.69. The SMILES string of the molecule is CCC(C)C1NC(=O)C(C)(C2CC2)N(CC(F)(F)F)C1=O. The Balaban J connectivity index is 2.35. The van der Waals surface area contributed by atoms with E-state index in [9.17, 15) is 22.8 Å². The maximum absolute atomic E-state index is 12.9. The molecule has 120 valence electrons. The standard InChI is InChI=1S/C14H21F3N2O2/c1-4-8(2)10-11(20)19(7-14(15,16)17)13(3,9-5-6-9)12(21)18-10/h8-10H,4-7H2,1-3H3,(H,18,21). The van der Waals surface area contributed by atoms with E-state index in [-0.39, 0.29) is 11.8 Å². The van der Waals surface area contributed by atoms with Crippen molar-refractivity contribution in [2.45, 2.75) is 57.8 Å². The topological polar surface area (TPSA) is 49.4 Å². The lowest BCUT2D eigenvalue weighted by molar-refractivity contribution is -0.185. The van der Waals surface area contributed by atoms with Gasteiger partial charge >= 0.3 is 6.18 Å². The molecular formula is C14H21F3N2O2. The van der Waals surface area contributed by atoms with Gasteiger partial charge in [0.1, 0.15) is 18.1 Å². The highest BCUT2D eigenvalue weighted by Crippen LogP contribution is 2.46. The number of carbonyl (C=O) groups is 2. The van der Waals surface area contributed by atoms with Crippen LogP contribution >= 0.6 is 0 Å². The molecule has 2 aliphatic rings. The lowest BCUT2D eigenvalue weighted by Crippen LogP contribution is -2.72. The van der Waals surface area contributed by atoms with E-state index in [2.05, 4.69) is 5.32 Å². The van der Waals surface area contributed by atoms with Gasteiger partial charge < -0.3 is 10.2 Å². The highest BCUT2D eigenvalue weighted by Gasteiger charge is 2.59. The second-order valence-electron chi connectivity index (χ2n) is 6.30. The first-order valence-electron chi connectivity index (χ1n) is 7.30. The molecule has 4 nitrogen and oxygen atoms in total. The average Bonchev–Trinajstić information content (AvgIpc) is 3.21. The Labute approximate surface area is 122 Å². The third kappa shape index (κ3) is 2.87. The number of hydrogen-bond acceptors (Lipinski definition) is 2. The van der Waals surface area contributed by atoms with Crippen molar-refractivity contribution in [2.75, 3.05) is 6.54 Å². The quantitative estimate of drug-likeness (QED) is 0.864. The third-order valence-electron chi connectivity index (χ3n) is 4.76. The summed E-state index contributed by atoms with van der Waals surface area (Å²) in [5.41, 5.74) is -1.38. The van der Waals surface area contributed by atoms with Crippen molar-refractivity contribution in [1.29, 1.82) is 0 Å². The average molecular weight is 306 g/mol. The van der Waals surface area contributed by atoms with E-state index >= 15 is 0 Å². The predicted octanol–water partition coefficient (Wildman–Crippen LogP) is 2.09. The molecule has 0 aromatic heterocycles. The highest BCUT2D eigenvalue weighted by molar-refractivity contribution is 6.00. The van der Waals surface area contributed by atoms with Crippen LogP contribution in [0.3, 0.4) is 0 Å². The normalized spacial score (nSPS) is 32.1. The van der Waals surface area contributed by atoms with E-state index < -0.39 is 36.1 Å². The molecule has 3 unspecified atom stereocenters. The summed E-state index contributed by atoms with van der Waals surface area (Å²) in [6, 6.07) is -0.864. The molecule has 2 fully saturated rings. The lowest BCUT2D eigenvalue weighted by Gasteiger charge is -2.47. The number of piperazine rings is 1. The number of alkyl halides is 3. The number of nitrogens with zero attached hydrogens (tertiary/aromatic N) is 1. The van der Waals surface area contributed by atoms with E-state index in [1.54, 1.807) is 6.92 Å². The largest absolute Gasteiger partial charge is 0.406 e. The van der Waals surface area contributed by atoms with Gasteiger partial charge in [0.15, 0.2) is 0 Å². The molecular weight excluding hydrogens is 285 g/mol.